The molecule has 1 amide bonds. The van der Waals surface area contributed by atoms with Gasteiger partial charge in [-0.15, -0.1) is 0 Å². The van der Waals surface area contributed by atoms with Crippen LogP contribution in [0, 0.1) is 6.92 Å². The second-order valence-corrected chi connectivity index (χ2v) is 6.52. The number of amides is 1. The maximum Gasteiger partial charge on any atom is 0.274 e. The van der Waals surface area contributed by atoms with Gasteiger partial charge in [-0.25, -0.2) is 9.97 Å². The summed E-state index contributed by atoms with van der Waals surface area (Å²) in [6, 6.07) is 6.11. The first-order valence-corrected chi connectivity index (χ1v) is 8.39. The van der Waals surface area contributed by atoms with Crippen molar-refractivity contribution in [3.63, 3.8) is 0 Å². The molecule has 0 radical (unpaired) electrons. The van der Waals surface area contributed by atoms with Crippen molar-refractivity contribution in [2.75, 3.05) is 0 Å². The first kappa shape index (κ1) is 15.1. The van der Waals surface area contributed by atoms with Gasteiger partial charge in [-0.1, -0.05) is 6.07 Å². The Morgan fingerprint density at radius 1 is 1.12 bits per heavy atom. The molecule has 0 saturated carbocycles. The molecule has 0 spiro atoms. The number of nitrogens with zero attached hydrogens (tertiary/aromatic N) is 4. The molecular formula is C18H20N4O2. The summed E-state index contributed by atoms with van der Waals surface area (Å²) in [4.78, 5) is 27.5. The predicted molar refractivity (Wildman–Crippen MR) is 87.6 cm³/mol. The van der Waals surface area contributed by atoms with E-state index in [2.05, 4.69) is 15.0 Å². The molecule has 2 aliphatic rings. The Morgan fingerprint density at radius 3 is 2.54 bits per heavy atom. The van der Waals surface area contributed by atoms with Gasteiger partial charge in [0, 0.05) is 43.4 Å². The van der Waals surface area contributed by atoms with Crippen LogP contribution in [-0.2, 0) is 0 Å². The largest absolute Gasteiger partial charge is 0.474 e. The lowest BCUT2D eigenvalue weighted by molar-refractivity contribution is 0.0343. The van der Waals surface area contributed by atoms with E-state index in [1.165, 1.54) is 0 Å². The Kier molecular flexibility index (Phi) is 3.88. The minimum atomic E-state index is -0.00807. The number of carbonyl (C=O) groups excluding carboxylic acids is 1. The average molecular weight is 324 g/mol. The molecule has 4 heterocycles. The quantitative estimate of drug-likeness (QED) is 0.867. The molecule has 2 saturated heterocycles. The smallest absolute Gasteiger partial charge is 0.274 e. The van der Waals surface area contributed by atoms with E-state index in [0.717, 1.165) is 31.4 Å². The summed E-state index contributed by atoms with van der Waals surface area (Å²) < 4.78 is 6.01. The molecule has 2 aliphatic heterocycles. The number of piperidine rings is 1. The first-order chi connectivity index (χ1) is 11.7. The number of pyridine rings is 1. The molecule has 124 valence electrons. The lowest BCUT2D eigenvalue weighted by Crippen LogP contribution is -2.49. The highest BCUT2D eigenvalue weighted by atomic mass is 16.5. The maximum atomic E-state index is 12.8. The monoisotopic (exact) mass is 324 g/mol. The van der Waals surface area contributed by atoms with Crippen LogP contribution >= 0.6 is 0 Å². The van der Waals surface area contributed by atoms with Crippen molar-refractivity contribution in [3.8, 4) is 5.88 Å². The summed E-state index contributed by atoms with van der Waals surface area (Å²) in [6.45, 7) is 1.87. The van der Waals surface area contributed by atoms with Crippen LogP contribution in [-0.4, -0.2) is 43.9 Å². The third-order valence-corrected chi connectivity index (χ3v) is 4.85. The standard InChI is InChI=1S/C18H20N4O2/c1-12-10-21-16(11-20-12)18(23)22-13-5-6-14(22)9-15(8-13)24-17-4-2-3-7-19-17/h2-4,7,10-11,13-15H,5-6,8-9H2,1H3. The van der Waals surface area contributed by atoms with Crippen LogP contribution in [0.3, 0.4) is 0 Å². The average Bonchev–Trinajstić information content (AvgIpc) is 2.87. The molecule has 2 bridgehead atoms. The normalized spacial score (nSPS) is 25.5. The summed E-state index contributed by atoms with van der Waals surface area (Å²) >= 11 is 0. The molecule has 24 heavy (non-hydrogen) atoms. The summed E-state index contributed by atoms with van der Waals surface area (Å²) in [5.41, 5.74) is 1.25. The maximum absolute atomic E-state index is 12.8. The lowest BCUT2D eigenvalue weighted by atomic mass is 9.99. The van der Waals surface area contributed by atoms with Gasteiger partial charge in [0.2, 0.25) is 5.88 Å². The summed E-state index contributed by atoms with van der Waals surface area (Å²) in [6.07, 6.45) is 8.81. The molecule has 2 aromatic rings. The van der Waals surface area contributed by atoms with Crippen LogP contribution in [0.5, 0.6) is 5.88 Å². The van der Waals surface area contributed by atoms with Crippen molar-refractivity contribution in [2.24, 2.45) is 0 Å². The third kappa shape index (κ3) is 2.84. The number of fused-ring (bicyclic) bond motifs is 2. The highest BCUT2D eigenvalue weighted by molar-refractivity contribution is 5.92. The Balaban J connectivity index is 1.47. The van der Waals surface area contributed by atoms with E-state index in [1.54, 1.807) is 18.6 Å². The van der Waals surface area contributed by atoms with Crippen LogP contribution < -0.4 is 4.74 Å². The zero-order valence-corrected chi connectivity index (χ0v) is 13.6. The van der Waals surface area contributed by atoms with E-state index in [1.807, 2.05) is 30.0 Å². The van der Waals surface area contributed by atoms with Crippen LogP contribution in [0.15, 0.2) is 36.8 Å². The summed E-state index contributed by atoms with van der Waals surface area (Å²) in [5.74, 6) is 0.650. The van der Waals surface area contributed by atoms with Gasteiger partial charge in [0.25, 0.3) is 5.91 Å². The Bertz CT molecular complexity index is 706. The molecule has 0 aliphatic carbocycles. The number of aryl methyl sites for hydroxylation is 1. The molecule has 2 unspecified atom stereocenters. The Morgan fingerprint density at radius 2 is 1.92 bits per heavy atom. The minimum Gasteiger partial charge on any atom is -0.474 e. The van der Waals surface area contributed by atoms with Gasteiger partial charge in [0.15, 0.2) is 0 Å². The fraction of sp³-hybridized carbons (Fsp3) is 0.444. The fourth-order valence-corrected chi connectivity index (χ4v) is 3.78. The molecule has 6 heteroatoms. The second-order valence-electron chi connectivity index (χ2n) is 6.52. The van der Waals surface area contributed by atoms with Crippen LogP contribution in [0.1, 0.15) is 41.9 Å². The molecule has 2 fully saturated rings. The molecule has 4 rings (SSSR count). The van der Waals surface area contributed by atoms with Crippen molar-refractivity contribution in [1.82, 2.24) is 19.9 Å². The fourth-order valence-electron chi connectivity index (χ4n) is 3.78. The van der Waals surface area contributed by atoms with E-state index in [-0.39, 0.29) is 24.1 Å². The zero-order valence-electron chi connectivity index (χ0n) is 13.6. The molecule has 6 nitrogen and oxygen atoms in total. The highest BCUT2D eigenvalue weighted by Gasteiger charge is 2.44. The highest BCUT2D eigenvalue weighted by Crippen LogP contribution is 2.37. The van der Waals surface area contributed by atoms with Crippen molar-refractivity contribution in [1.29, 1.82) is 0 Å². The summed E-state index contributed by atoms with van der Waals surface area (Å²) in [5, 5.41) is 0. The number of hydrogen-bond donors (Lipinski definition) is 0. The molecular weight excluding hydrogens is 304 g/mol. The van der Waals surface area contributed by atoms with Gasteiger partial charge < -0.3 is 9.64 Å². The number of hydrogen-bond acceptors (Lipinski definition) is 5. The van der Waals surface area contributed by atoms with E-state index < -0.39 is 0 Å². The van der Waals surface area contributed by atoms with Gasteiger partial charge in [0.05, 0.1) is 11.9 Å². The summed E-state index contributed by atoms with van der Waals surface area (Å²) in [7, 11) is 0. The Labute approximate surface area is 140 Å². The molecule has 0 aromatic carbocycles. The SMILES string of the molecule is Cc1cnc(C(=O)N2C3CCC2CC(Oc2ccccn2)C3)cn1. The number of aromatic nitrogens is 3. The molecule has 0 N–H and O–H groups in total. The van der Waals surface area contributed by atoms with Gasteiger partial charge in [-0.2, -0.15) is 0 Å². The van der Waals surface area contributed by atoms with Crippen LogP contribution in [0.2, 0.25) is 0 Å². The van der Waals surface area contributed by atoms with Gasteiger partial charge in [0.1, 0.15) is 11.8 Å². The van der Waals surface area contributed by atoms with Crippen molar-refractivity contribution in [3.05, 3.63) is 48.2 Å². The predicted octanol–water partition coefficient (Wildman–Crippen LogP) is 2.39. The topological polar surface area (TPSA) is 68.2 Å². The second kappa shape index (κ2) is 6.19. The van der Waals surface area contributed by atoms with Gasteiger partial charge in [-0.05, 0) is 25.8 Å². The van der Waals surface area contributed by atoms with E-state index >= 15 is 0 Å². The number of rotatable bonds is 3. The van der Waals surface area contributed by atoms with Crippen LogP contribution in [0.4, 0.5) is 0 Å². The molecule has 2 aromatic heterocycles. The Hall–Kier alpha value is -2.50. The first-order valence-electron chi connectivity index (χ1n) is 8.39. The van der Waals surface area contributed by atoms with Crippen molar-refractivity contribution >= 4 is 5.91 Å². The number of carbonyl (C=O) groups is 1. The minimum absolute atomic E-state index is 0.00807. The van der Waals surface area contributed by atoms with Crippen LogP contribution in [0.25, 0.3) is 0 Å². The van der Waals surface area contributed by atoms with Gasteiger partial charge >= 0.3 is 0 Å². The van der Waals surface area contributed by atoms with E-state index in [9.17, 15) is 4.79 Å². The molecule has 2 atom stereocenters. The number of ether oxygens (including phenoxy) is 1. The zero-order chi connectivity index (χ0) is 16.5. The van der Waals surface area contributed by atoms with Crippen molar-refractivity contribution < 1.29 is 9.53 Å². The lowest BCUT2D eigenvalue weighted by Gasteiger charge is -2.38. The third-order valence-electron chi connectivity index (χ3n) is 4.85. The van der Waals surface area contributed by atoms with Gasteiger partial charge in [-0.3, -0.25) is 9.78 Å². The van der Waals surface area contributed by atoms with E-state index in [4.69, 9.17) is 4.74 Å². The van der Waals surface area contributed by atoms with E-state index in [0.29, 0.717) is 11.6 Å². The van der Waals surface area contributed by atoms with Crippen molar-refractivity contribution in [2.45, 2.75) is 50.8 Å².